The molecule has 1 rings (SSSR count). The highest BCUT2D eigenvalue weighted by Gasteiger charge is 2.55. The fourth-order valence-corrected chi connectivity index (χ4v) is 4.97. The van der Waals surface area contributed by atoms with Crippen molar-refractivity contribution in [2.45, 2.75) is 71.5 Å². The molecule has 0 aromatic rings. The van der Waals surface area contributed by atoms with Crippen molar-refractivity contribution in [3.63, 3.8) is 0 Å². The molecule has 1 aliphatic rings. The summed E-state index contributed by atoms with van der Waals surface area (Å²) in [7, 11) is -4.11. The zero-order valence-electron chi connectivity index (χ0n) is 12.9. The molecule has 0 aromatic carbocycles. The van der Waals surface area contributed by atoms with Gasteiger partial charge in [-0.3, -0.25) is 4.55 Å². The van der Waals surface area contributed by atoms with Crippen LogP contribution >= 0.6 is 0 Å². The summed E-state index contributed by atoms with van der Waals surface area (Å²) >= 11 is 0. The van der Waals surface area contributed by atoms with Crippen LogP contribution in [0.1, 0.15) is 66.7 Å². The third-order valence-electron chi connectivity index (χ3n) is 4.46. The van der Waals surface area contributed by atoms with E-state index < -0.39 is 20.3 Å². The van der Waals surface area contributed by atoms with E-state index in [-0.39, 0.29) is 5.41 Å². The minimum absolute atomic E-state index is 0.0254. The second-order valence-electron chi connectivity index (χ2n) is 7.20. The smallest absolute Gasteiger partial charge is 0.274 e. The van der Waals surface area contributed by atoms with Crippen molar-refractivity contribution < 1.29 is 13.0 Å². The molecule has 0 aromatic heterocycles. The summed E-state index contributed by atoms with van der Waals surface area (Å²) < 4.78 is 32.8. The van der Waals surface area contributed by atoms with Gasteiger partial charge < -0.3 is 0 Å². The van der Waals surface area contributed by atoms with Crippen LogP contribution < -0.4 is 0 Å². The zero-order chi connectivity index (χ0) is 14.9. The summed E-state index contributed by atoms with van der Waals surface area (Å²) in [5.74, 6) is 0. The normalized spacial score (nSPS) is 29.4. The second-order valence-corrected chi connectivity index (χ2v) is 8.88. The van der Waals surface area contributed by atoms with Crippen LogP contribution in [-0.4, -0.2) is 17.7 Å². The average Bonchev–Trinajstić information content (AvgIpc) is 2.17. The van der Waals surface area contributed by atoms with E-state index in [2.05, 4.69) is 20.8 Å². The van der Waals surface area contributed by atoms with E-state index in [9.17, 15) is 13.0 Å². The van der Waals surface area contributed by atoms with Gasteiger partial charge in [-0.05, 0) is 23.7 Å². The minimum atomic E-state index is -4.11. The molecule has 0 saturated carbocycles. The molecule has 0 bridgehead atoms. The lowest BCUT2D eigenvalue weighted by Gasteiger charge is -2.49. The van der Waals surface area contributed by atoms with Crippen molar-refractivity contribution >= 4 is 10.1 Å². The van der Waals surface area contributed by atoms with Crippen LogP contribution in [-0.2, 0) is 10.1 Å². The Morgan fingerprint density at radius 2 is 1.68 bits per heavy atom. The van der Waals surface area contributed by atoms with Gasteiger partial charge in [0.05, 0.1) is 0 Å². The van der Waals surface area contributed by atoms with E-state index in [0.29, 0.717) is 6.42 Å². The van der Waals surface area contributed by atoms with Crippen molar-refractivity contribution in [2.24, 2.45) is 10.8 Å². The lowest BCUT2D eigenvalue weighted by molar-refractivity contribution is 0.155. The molecule has 1 N–H and O–H groups in total. The predicted octanol–water partition coefficient (Wildman–Crippen LogP) is 4.21. The maximum absolute atomic E-state index is 12.0. The first-order chi connectivity index (χ1) is 8.47. The molecule has 0 saturated heterocycles. The summed E-state index contributed by atoms with van der Waals surface area (Å²) in [6, 6.07) is 0. The molecule has 0 aliphatic heterocycles. The van der Waals surface area contributed by atoms with Crippen molar-refractivity contribution in [3.05, 3.63) is 12.2 Å². The standard InChI is InChI=1S/C15H28O3S/c1-6-7-8-9-15(19(16,17)18)11-10-13(2,3)12-14(15,4)5/h10-11H,6-9,12H2,1-5H3,(H,16,17,18). The van der Waals surface area contributed by atoms with Gasteiger partial charge in [-0.1, -0.05) is 66.0 Å². The van der Waals surface area contributed by atoms with Crippen LogP contribution in [0.25, 0.3) is 0 Å². The predicted molar refractivity (Wildman–Crippen MR) is 79.7 cm³/mol. The molecule has 0 radical (unpaired) electrons. The summed E-state index contributed by atoms with van der Waals surface area (Å²) in [5, 5.41) is 0. The van der Waals surface area contributed by atoms with E-state index in [0.717, 1.165) is 25.7 Å². The molecular formula is C15H28O3S. The van der Waals surface area contributed by atoms with E-state index >= 15 is 0 Å². The van der Waals surface area contributed by atoms with E-state index in [1.807, 2.05) is 19.9 Å². The first kappa shape index (κ1) is 16.7. The number of hydrogen-bond donors (Lipinski definition) is 1. The SMILES string of the molecule is CCCCCC1(S(=O)(=O)O)C=CC(C)(C)CC1(C)C. The number of rotatable bonds is 5. The summed E-state index contributed by atoms with van der Waals surface area (Å²) in [6.45, 7) is 10.2. The van der Waals surface area contributed by atoms with Crippen molar-refractivity contribution in [2.75, 3.05) is 0 Å². The number of hydrogen-bond acceptors (Lipinski definition) is 2. The number of allylic oxidation sites excluding steroid dienone is 1. The molecule has 4 heteroatoms. The Labute approximate surface area is 118 Å². The van der Waals surface area contributed by atoms with Crippen LogP contribution in [0.2, 0.25) is 0 Å². The Hall–Kier alpha value is -0.350. The molecule has 1 aliphatic carbocycles. The highest BCUT2D eigenvalue weighted by atomic mass is 32.2. The minimum Gasteiger partial charge on any atom is -0.285 e. The Kier molecular flexibility index (Phi) is 4.58. The molecule has 0 spiro atoms. The van der Waals surface area contributed by atoms with Gasteiger partial charge in [0.15, 0.2) is 0 Å². The largest absolute Gasteiger partial charge is 0.285 e. The molecule has 0 fully saturated rings. The van der Waals surface area contributed by atoms with Crippen LogP contribution in [0.5, 0.6) is 0 Å². The van der Waals surface area contributed by atoms with Gasteiger partial charge in [0.25, 0.3) is 10.1 Å². The Morgan fingerprint density at radius 3 is 2.11 bits per heavy atom. The van der Waals surface area contributed by atoms with Gasteiger partial charge in [0.2, 0.25) is 0 Å². The Bertz CT molecular complexity index is 446. The lowest BCUT2D eigenvalue weighted by Crippen LogP contribution is -2.53. The summed E-state index contributed by atoms with van der Waals surface area (Å²) in [4.78, 5) is 0. The summed E-state index contributed by atoms with van der Waals surface area (Å²) in [6.07, 6.45) is 7.81. The molecule has 112 valence electrons. The van der Waals surface area contributed by atoms with Gasteiger partial charge in [0, 0.05) is 0 Å². The topological polar surface area (TPSA) is 54.4 Å². The van der Waals surface area contributed by atoms with Crippen molar-refractivity contribution in [1.29, 1.82) is 0 Å². The van der Waals surface area contributed by atoms with E-state index in [1.165, 1.54) is 0 Å². The van der Waals surface area contributed by atoms with Gasteiger partial charge in [-0.25, -0.2) is 0 Å². The van der Waals surface area contributed by atoms with Gasteiger partial charge in [0.1, 0.15) is 4.75 Å². The third-order valence-corrected chi connectivity index (χ3v) is 6.27. The van der Waals surface area contributed by atoms with Crippen molar-refractivity contribution in [1.82, 2.24) is 0 Å². The molecular weight excluding hydrogens is 260 g/mol. The van der Waals surface area contributed by atoms with Crippen molar-refractivity contribution in [3.8, 4) is 0 Å². The van der Waals surface area contributed by atoms with E-state index in [1.54, 1.807) is 6.08 Å². The van der Waals surface area contributed by atoms with Crippen LogP contribution in [0.3, 0.4) is 0 Å². The first-order valence-corrected chi connectivity index (χ1v) is 8.59. The molecule has 1 unspecified atom stereocenters. The Balaban J connectivity index is 3.24. The summed E-state index contributed by atoms with van der Waals surface area (Å²) in [5.41, 5.74) is -0.491. The lowest BCUT2D eigenvalue weighted by atomic mass is 9.62. The Morgan fingerprint density at radius 1 is 1.11 bits per heavy atom. The number of unbranched alkanes of at least 4 members (excludes halogenated alkanes) is 2. The molecule has 19 heavy (non-hydrogen) atoms. The average molecular weight is 288 g/mol. The molecule has 0 heterocycles. The maximum Gasteiger partial charge on any atom is 0.274 e. The van der Waals surface area contributed by atoms with E-state index in [4.69, 9.17) is 0 Å². The molecule has 1 atom stereocenters. The quantitative estimate of drug-likeness (QED) is 0.468. The highest BCUT2D eigenvalue weighted by Crippen LogP contribution is 2.52. The molecule has 0 amide bonds. The fourth-order valence-electron chi connectivity index (χ4n) is 3.56. The molecule has 3 nitrogen and oxygen atoms in total. The van der Waals surface area contributed by atoms with Crippen LogP contribution in [0.15, 0.2) is 12.2 Å². The van der Waals surface area contributed by atoms with Gasteiger partial charge >= 0.3 is 0 Å². The van der Waals surface area contributed by atoms with Gasteiger partial charge in [-0.2, -0.15) is 8.42 Å². The first-order valence-electron chi connectivity index (χ1n) is 7.15. The monoisotopic (exact) mass is 288 g/mol. The maximum atomic E-state index is 12.0. The highest BCUT2D eigenvalue weighted by molar-refractivity contribution is 7.87. The zero-order valence-corrected chi connectivity index (χ0v) is 13.7. The third kappa shape index (κ3) is 3.22. The van der Waals surface area contributed by atoms with Crippen LogP contribution in [0, 0.1) is 10.8 Å². The van der Waals surface area contributed by atoms with Gasteiger partial charge in [-0.15, -0.1) is 0 Å². The van der Waals surface area contributed by atoms with Crippen LogP contribution in [0.4, 0.5) is 0 Å². The fraction of sp³-hybridized carbons (Fsp3) is 0.867. The second kappa shape index (κ2) is 5.21.